The second-order valence-electron chi connectivity index (χ2n) is 4.53. The second kappa shape index (κ2) is 5.05. The fraction of sp³-hybridized carbons (Fsp3) is 0.200. The molecule has 0 unspecified atom stereocenters. The molecule has 0 radical (unpaired) electrons. The van der Waals surface area contributed by atoms with Crippen LogP contribution in [-0.2, 0) is 0 Å². The topological polar surface area (TPSA) is 48.7 Å². The number of imidazole rings is 1. The minimum atomic E-state index is -0.304. The van der Waals surface area contributed by atoms with E-state index >= 15 is 0 Å². The molecule has 0 aliphatic carbocycles. The minimum absolute atomic E-state index is 0.304. The molecular weight excluding hydrogens is 273 g/mol. The molecule has 3 rings (SSSR count). The number of aryl methyl sites for hydroxylation is 1. The number of methoxy groups -OCH3 is 2. The van der Waals surface area contributed by atoms with Crippen LogP contribution in [0.25, 0.3) is 17.0 Å². The summed E-state index contributed by atoms with van der Waals surface area (Å²) in [4.78, 5) is 8.75. The van der Waals surface area contributed by atoms with Gasteiger partial charge in [0.1, 0.15) is 5.82 Å². The molecule has 0 saturated carbocycles. The standard InChI is InChI=1S/C15H14FN3O2/c1-9-14(10-5-4-6-11(16)7-10)18-15-17-12(20-2)8-13(21-3)19(9)15/h4-8H,1-3H3. The lowest BCUT2D eigenvalue weighted by molar-refractivity contribution is 0.369. The number of benzene rings is 1. The van der Waals surface area contributed by atoms with E-state index in [2.05, 4.69) is 9.97 Å². The number of nitrogens with zero attached hydrogens (tertiary/aromatic N) is 3. The van der Waals surface area contributed by atoms with Crippen molar-refractivity contribution in [3.8, 4) is 23.0 Å². The largest absolute Gasteiger partial charge is 0.482 e. The fourth-order valence-corrected chi connectivity index (χ4v) is 2.29. The van der Waals surface area contributed by atoms with Gasteiger partial charge < -0.3 is 9.47 Å². The van der Waals surface area contributed by atoms with Crippen LogP contribution in [0, 0.1) is 12.7 Å². The number of hydrogen-bond acceptors (Lipinski definition) is 4. The summed E-state index contributed by atoms with van der Waals surface area (Å²) >= 11 is 0. The Labute approximate surface area is 121 Å². The Bertz CT molecular complexity index is 814. The molecule has 6 heteroatoms. The maximum Gasteiger partial charge on any atom is 0.240 e. The summed E-state index contributed by atoms with van der Waals surface area (Å²) in [6, 6.07) is 7.98. The molecular formula is C15H14FN3O2. The Hall–Kier alpha value is -2.63. The summed E-state index contributed by atoms with van der Waals surface area (Å²) in [5.74, 6) is 1.11. The molecule has 0 bridgehead atoms. The zero-order valence-electron chi connectivity index (χ0n) is 11.9. The van der Waals surface area contributed by atoms with Crippen molar-refractivity contribution in [1.82, 2.24) is 14.4 Å². The Morgan fingerprint density at radius 2 is 1.90 bits per heavy atom. The van der Waals surface area contributed by atoms with Gasteiger partial charge in [-0.15, -0.1) is 0 Å². The van der Waals surface area contributed by atoms with Crippen LogP contribution in [0.2, 0.25) is 0 Å². The van der Waals surface area contributed by atoms with Crippen LogP contribution in [-0.4, -0.2) is 28.6 Å². The predicted octanol–water partition coefficient (Wildman–Crippen LogP) is 2.86. The first-order chi connectivity index (χ1) is 10.1. The maximum atomic E-state index is 13.4. The molecule has 0 amide bonds. The van der Waals surface area contributed by atoms with E-state index in [0.717, 1.165) is 5.69 Å². The van der Waals surface area contributed by atoms with Crippen molar-refractivity contribution in [2.24, 2.45) is 0 Å². The summed E-state index contributed by atoms with van der Waals surface area (Å²) in [6.07, 6.45) is 0. The lowest BCUT2D eigenvalue weighted by Crippen LogP contribution is -1.99. The highest BCUT2D eigenvalue weighted by molar-refractivity contribution is 5.66. The highest BCUT2D eigenvalue weighted by Gasteiger charge is 2.16. The van der Waals surface area contributed by atoms with Gasteiger partial charge in [-0.2, -0.15) is 4.98 Å². The maximum absolute atomic E-state index is 13.4. The van der Waals surface area contributed by atoms with Gasteiger partial charge in [0.15, 0.2) is 0 Å². The van der Waals surface area contributed by atoms with Gasteiger partial charge >= 0.3 is 0 Å². The molecule has 0 aliphatic heterocycles. The summed E-state index contributed by atoms with van der Waals surface area (Å²) in [5.41, 5.74) is 2.18. The van der Waals surface area contributed by atoms with Crippen LogP contribution in [0.15, 0.2) is 30.3 Å². The van der Waals surface area contributed by atoms with Gasteiger partial charge in [-0.25, -0.2) is 9.37 Å². The average molecular weight is 287 g/mol. The first-order valence-corrected chi connectivity index (χ1v) is 6.38. The average Bonchev–Trinajstić information content (AvgIpc) is 2.83. The van der Waals surface area contributed by atoms with Gasteiger partial charge in [0, 0.05) is 5.56 Å². The first-order valence-electron chi connectivity index (χ1n) is 6.38. The molecule has 5 nitrogen and oxygen atoms in total. The molecule has 0 saturated heterocycles. The number of halogens is 1. The summed E-state index contributed by atoms with van der Waals surface area (Å²) < 4.78 is 25.7. The molecule has 0 spiro atoms. The van der Waals surface area contributed by atoms with Crippen LogP contribution in [0.1, 0.15) is 5.69 Å². The monoisotopic (exact) mass is 287 g/mol. The van der Waals surface area contributed by atoms with Crippen molar-refractivity contribution >= 4 is 5.78 Å². The van der Waals surface area contributed by atoms with Crippen molar-refractivity contribution in [3.05, 3.63) is 41.8 Å². The van der Waals surface area contributed by atoms with Crippen molar-refractivity contribution < 1.29 is 13.9 Å². The van der Waals surface area contributed by atoms with E-state index in [9.17, 15) is 4.39 Å². The summed E-state index contributed by atoms with van der Waals surface area (Å²) in [5, 5.41) is 0. The molecule has 3 aromatic rings. The first kappa shape index (κ1) is 13.4. The summed E-state index contributed by atoms with van der Waals surface area (Å²) in [6.45, 7) is 1.89. The predicted molar refractivity (Wildman–Crippen MR) is 76.2 cm³/mol. The van der Waals surface area contributed by atoms with Crippen LogP contribution >= 0.6 is 0 Å². The van der Waals surface area contributed by atoms with Gasteiger partial charge in [0.25, 0.3) is 0 Å². The zero-order chi connectivity index (χ0) is 15.0. The third kappa shape index (κ3) is 2.18. The Kier molecular flexibility index (Phi) is 3.21. The van der Waals surface area contributed by atoms with E-state index in [1.807, 2.05) is 13.0 Å². The number of fused-ring (bicyclic) bond motifs is 1. The number of aromatic nitrogens is 3. The number of hydrogen-bond donors (Lipinski definition) is 0. The second-order valence-corrected chi connectivity index (χ2v) is 4.53. The molecule has 0 fully saturated rings. The number of rotatable bonds is 3. The highest BCUT2D eigenvalue weighted by atomic mass is 19.1. The van der Waals surface area contributed by atoms with Crippen molar-refractivity contribution in [1.29, 1.82) is 0 Å². The number of ether oxygens (including phenoxy) is 2. The van der Waals surface area contributed by atoms with Gasteiger partial charge in [-0.05, 0) is 19.1 Å². The van der Waals surface area contributed by atoms with Gasteiger partial charge in [-0.1, -0.05) is 12.1 Å². The summed E-state index contributed by atoms with van der Waals surface area (Å²) in [7, 11) is 3.09. The molecule has 0 atom stereocenters. The van der Waals surface area contributed by atoms with Crippen LogP contribution in [0.3, 0.4) is 0 Å². The van der Waals surface area contributed by atoms with Crippen molar-refractivity contribution in [3.63, 3.8) is 0 Å². The molecule has 2 aromatic heterocycles. The van der Waals surface area contributed by atoms with Crippen LogP contribution in [0.4, 0.5) is 4.39 Å². The molecule has 0 N–H and O–H groups in total. The van der Waals surface area contributed by atoms with E-state index in [0.29, 0.717) is 28.8 Å². The van der Waals surface area contributed by atoms with E-state index in [4.69, 9.17) is 9.47 Å². The highest BCUT2D eigenvalue weighted by Crippen LogP contribution is 2.28. The third-order valence-electron chi connectivity index (χ3n) is 3.28. The molecule has 1 aromatic carbocycles. The van der Waals surface area contributed by atoms with Crippen LogP contribution in [0.5, 0.6) is 11.8 Å². The van der Waals surface area contributed by atoms with Gasteiger partial charge in [-0.3, -0.25) is 4.40 Å². The Morgan fingerprint density at radius 3 is 2.57 bits per heavy atom. The lowest BCUT2D eigenvalue weighted by atomic mass is 10.1. The minimum Gasteiger partial charge on any atom is -0.482 e. The fourth-order valence-electron chi connectivity index (χ4n) is 2.29. The van der Waals surface area contributed by atoms with E-state index in [-0.39, 0.29) is 5.82 Å². The smallest absolute Gasteiger partial charge is 0.240 e. The quantitative estimate of drug-likeness (QED) is 0.743. The molecule has 0 aliphatic rings. The van der Waals surface area contributed by atoms with E-state index < -0.39 is 0 Å². The Balaban J connectivity index is 2.28. The van der Waals surface area contributed by atoms with E-state index in [1.54, 1.807) is 23.6 Å². The van der Waals surface area contributed by atoms with Crippen molar-refractivity contribution in [2.45, 2.75) is 6.92 Å². The zero-order valence-corrected chi connectivity index (χ0v) is 11.9. The molecule has 2 heterocycles. The van der Waals surface area contributed by atoms with Crippen molar-refractivity contribution in [2.75, 3.05) is 14.2 Å². The molecule has 21 heavy (non-hydrogen) atoms. The Morgan fingerprint density at radius 1 is 1.10 bits per heavy atom. The SMILES string of the molecule is COc1cc(OC)n2c(C)c(-c3cccc(F)c3)nc2n1. The van der Waals surface area contributed by atoms with Gasteiger partial charge in [0.2, 0.25) is 17.5 Å². The van der Waals surface area contributed by atoms with Crippen LogP contribution < -0.4 is 9.47 Å². The molecule has 108 valence electrons. The third-order valence-corrected chi connectivity index (χ3v) is 3.28. The van der Waals surface area contributed by atoms with E-state index in [1.165, 1.54) is 19.2 Å². The van der Waals surface area contributed by atoms with Gasteiger partial charge in [0.05, 0.1) is 31.7 Å². The normalized spacial score (nSPS) is 10.9. The lowest BCUT2D eigenvalue weighted by Gasteiger charge is -2.07.